The molecule has 1 aliphatic heterocycles. The lowest BCUT2D eigenvalue weighted by atomic mass is 10.0. The first kappa shape index (κ1) is 33.0. The van der Waals surface area contributed by atoms with Crippen molar-refractivity contribution in [3.8, 4) is 28.4 Å². The van der Waals surface area contributed by atoms with Gasteiger partial charge in [-0.25, -0.2) is 4.98 Å². The van der Waals surface area contributed by atoms with Crippen molar-refractivity contribution in [2.75, 3.05) is 32.1 Å². The molecule has 0 spiro atoms. The van der Waals surface area contributed by atoms with Crippen molar-refractivity contribution in [3.05, 3.63) is 88.3 Å². The van der Waals surface area contributed by atoms with Gasteiger partial charge in [0.05, 0.1) is 23.5 Å². The molecule has 12 heteroatoms. The van der Waals surface area contributed by atoms with Crippen LogP contribution in [-0.4, -0.2) is 64.7 Å². The third kappa shape index (κ3) is 8.04. The Labute approximate surface area is 273 Å². The number of benzene rings is 1. The number of anilines is 1. The van der Waals surface area contributed by atoms with E-state index in [9.17, 15) is 9.59 Å². The van der Waals surface area contributed by atoms with Gasteiger partial charge in [0, 0.05) is 73.5 Å². The number of carbonyl (C=O) groups is 2. The van der Waals surface area contributed by atoms with E-state index in [1.807, 2.05) is 49.4 Å². The Morgan fingerprint density at radius 3 is 2.70 bits per heavy atom. The number of pyridine rings is 3. The molecule has 46 heavy (non-hydrogen) atoms. The minimum atomic E-state index is -0.327. The van der Waals surface area contributed by atoms with Crippen LogP contribution in [0.4, 0.5) is 5.69 Å². The molecular weight excluding hydrogens is 606 g/mol. The van der Waals surface area contributed by atoms with E-state index in [4.69, 9.17) is 26.4 Å². The molecule has 4 aromatic rings. The van der Waals surface area contributed by atoms with E-state index in [1.54, 1.807) is 25.6 Å². The zero-order valence-corrected chi connectivity index (χ0v) is 26.7. The summed E-state index contributed by atoms with van der Waals surface area (Å²) in [6.45, 7) is 4.57. The van der Waals surface area contributed by atoms with E-state index in [2.05, 4.69) is 31.2 Å². The molecule has 240 valence electrons. The Kier molecular flexibility index (Phi) is 11.3. The molecule has 1 saturated heterocycles. The molecule has 4 heterocycles. The van der Waals surface area contributed by atoms with Gasteiger partial charge in [-0.1, -0.05) is 35.9 Å². The fraction of sp³-hybridized carbons (Fsp3) is 0.324. The standard InChI is InChI=1S/C34H38ClN7O4/c1-21-25(5-3-6-27(21)41-33(45)29-10-7-22(18-39-29)17-36-14-4-16-43)32-31(35)26(13-15-38-32)28-11-8-23(34(42-28)46-2)19-37-20-24-9-12-30(44)40-24/h3,5-8,10-11,13,15,18,24,36-37,43H,4,9,12,14,16-17,19-20H2,1-2H3,(H,40,44)(H,41,45)/t24-/m0/s1. The van der Waals surface area contributed by atoms with Crippen molar-refractivity contribution in [1.82, 2.24) is 30.9 Å². The van der Waals surface area contributed by atoms with E-state index >= 15 is 0 Å². The Morgan fingerprint density at radius 2 is 1.96 bits per heavy atom. The summed E-state index contributed by atoms with van der Waals surface area (Å²) in [6, 6.07) is 14.9. The van der Waals surface area contributed by atoms with Gasteiger partial charge in [0.15, 0.2) is 0 Å². The van der Waals surface area contributed by atoms with Gasteiger partial charge in [0.25, 0.3) is 5.91 Å². The second-order valence-electron chi connectivity index (χ2n) is 11.1. The van der Waals surface area contributed by atoms with Crippen LogP contribution in [0.2, 0.25) is 5.02 Å². The molecule has 3 aromatic heterocycles. The third-order valence-electron chi connectivity index (χ3n) is 7.82. The molecule has 0 saturated carbocycles. The van der Waals surface area contributed by atoms with E-state index in [1.165, 1.54) is 0 Å². The average Bonchev–Trinajstić information content (AvgIpc) is 3.49. The number of aromatic nitrogens is 3. The Morgan fingerprint density at radius 1 is 1.09 bits per heavy atom. The summed E-state index contributed by atoms with van der Waals surface area (Å²) in [5.74, 6) is 0.247. The van der Waals surface area contributed by atoms with Gasteiger partial charge in [-0.2, -0.15) is 0 Å². The summed E-state index contributed by atoms with van der Waals surface area (Å²) in [5.41, 5.74) is 6.23. The van der Waals surface area contributed by atoms with Crippen molar-refractivity contribution in [1.29, 1.82) is 0 Å². The maximum atomic E-state index is 13.1. The van der Waals surface area contributed by atoms with Crippen molar-refractivity contribution in [2.45, 2.75) is 45.3 Å². The number of nitrogens with one attached hydrogen (secondary N) is 4. The minimum Gasteiger partial charge on any atom is -0.481 e. The lowest BCUT2D eigenvalue weighted by Gasteiger charge is -2.16. The van der Waals surface area contributed by atoms with Crippen LogP contribution in [-0.2, 0) is 17.9 Å². The monoisotopic (exact) mass is 643 g/mol. The van der Waals surface area contributed by atoms with Crippen molar-refractivity contribution in [3.63, 3.8) is 0 Å². The number of carbonyl (C=O) groups excluding carboxylic acids is 2. The van der Waals surface area contributed by atoms with Gasteiger partial charge in [-0.3, -0.25) is 19.6 Å². The van der Waals surface area contributed by atoms with Gasteiger partial charge >= 0.3 is 0 Å². The molecule has 0 bridgehead atoms. The summed E-state index contributed by atoms with van der Waals surface area (Å²) >= 11 is 6.97. The molecular formula is C34H38ClN7O4. The van der Waals surface area contributed by atoms with E-state index in [0.29, 0.717) is 78.3 Å². The fourth-order valence-corrected chi connectivity index (χ4v) is 5.60. The summed E-state index contributed by atoms with van der Waals surface area (Å²) in [6.07, 6.45) is 5.43. The molecule has 11 nitrogen and oxygen atoms in total. The summed E-state index contributed by atoms with van der Waals surface area (Å²) in [5, 5.41) is 21.9. The number of aliphatic hydroxyl groups excluding tert-OH is 1. The highest BCUT2D eigenvalue weighted by atomic mass is 35.5. The highest BCUT2D eigenvalue weighted by molar-refractivity contribution is 6.35. The summed E-state index contributed by atoms with van der Waals surface area (Å²) < 4.78 is 5.61. The topological polar surface area (TPSA) is 150 Å². The molecule has 0 radical (unpaired) electrons. The second kappa shape index (κ2) is 15.7. The summed E-state index contributed by atoms with van der Waals surface area (Å²) in [4.78, 5) is 38.2. The first-order chi connectivity index (χ1) is 22.4. The number of hydrogen-bond donors (Lipinski definition) is 5. The van der Waals surface area contributed by atoms with Crippen LogP contribution in [0.3, 0.4) is 0 Å². The fourth-order valence-electron chi connectivity index (χ4n) is 5.29. The zero-order chi connectivity index (χ0) is 32.5. The van der Waals surface area contributed by atoms with Gasteiger partial charge in [-0.15, -0.1) is 0 Å². The number of rotatable bonds is 14. The first-order valence-corrected chi connectivity index (χ1v) is 15.6. The lowest BCUT2D eigenvalue weighted by molar-refractivity contribution is -0.119. The molecule has 1 aromatic carbocycles. The predicted octanol–water partition coefficient (Wildman–Crippen LogP) is 4.27. The van der Waals surface area contributed by atoms with Crippen LogP contribution in [0.1, 0.15) is 46.4 Å². The molecule has 5 N–H and O–H groups in total. The first-order valence-electron chi connectivity index (χ1n) is 15.2. The van der Waals surface area contributed by atoms with Crippen LogP contribution in [0, 0.1) is 6.92 Å². The number of amides is 2. The van der Waals surface area contributed by atoms with E-state index < -0.39 is 0 Å². The number of hydrogen-bond acceptors (Lipinski definition) is 9. The van der Waals surface area contributed by atoms with Crippen LogP contribution in [0.25, 0.3) is 22.5 Å². The molecule has 0 unspecified atom stereocenters. The zero-order valence-electron chi connectivity index (χ0n) is 25.9. The highest BCUT2D eigenvalue weighted by Crippen LogP contribution is 2.38. The lowest BCUT2D eigenvalue weighted by Crippen LogP contribution is -2.35. The molecule has 1 atom stereocenters. The molecule has 1 aliphatic rings. The maximum absolute atomic E-state index is 13.1. The molecule has 1 fully saturated rings. The molecule has 5 rings (SSSR count). The number of aliphatic hydroxyl groups is 1. The van der Waals surface area contributed by atoms with Crippen LogP contribution < -0.4 is 26.0 Å². The quantitative estimate of drug-likeness (QED) is 0.127. The molecule has 0 aliphatic carbocycles. The van der Waals surface area contributed by atoms with Crippen molar-refractivity contribution in [2.24, 2.45) is 0 Å². The number of methoxy groups -OCH3 is 1. The van der Waals surface area contributed by atoms with E-state index in [0.717, 1.165) is 28.7 Å². The SMILES string of the molecule is COc1nc(-c2ccnc(-c3cccc(NC(=O)c4ccc(CNCCCO)cn4)c3C)c2Cl)ccc1CNC[C@@H]1CCC(=O)N1. The Balaban J connectivity index is 1.30. The minimum absolute atomic E-state index is 0.0921. The summed E-state index contributed by atoms with van der Waals surface area (Å²) in [7, 11) is 1.58. The molecule has 2 amide bonds. The second-order valence-corrected chi connectivity index (χ2v) is 11.4. The van der Waals surface area contributed by atoms with E-state index in [-0.39, 0.29) is 24.5 Å². The highest BCUT2D eigenvalue weighted by Gasteiger charge is 2.21. The van der Waals surface area contributed by atoms with Gasteiger partial charge in [0.1, 0.15) is 5.69 Å². The predicted molar refractivity (Wildman–Crippen MR) is 178 cm³/mol. The number of halogens is 1. The number of nitrogens with zero attached hydrogens (tertiary/aromatic N) is 3. The average molecular weight is 644 g/mol. The normalized spacial score (nSPS) is 14.3. The third-order valence-corrected chi connectivity index (χ3v) is 8.21. The van der Waals surface area contributed by atoms with Crippen molar-refractivity contribution < 1.29 is 19.4 Å². The van der Waals surface area contributed by atoms with Crippen LogP contribution in [0.15, 0.2) is 60.9 Å². The van der Waals surface area contributed by atoms with Crippen LogP contribution in [0.5, 0.6) is 5.88 Å². The number of ether oxygens (including phenoxy) is 1. The van der Waals surface area contributed by atoms with Crippen molar-refractivity contribution >= 4 is 29.1 Å². The maximum Gasteiger partial charge on any atom is 0.274 e. The van der Waals surface area contributed by atoms with Gasteiger partial charge in [0.2, 0.25) is 11.8 Å². The Hall–Kier alpha value is -4.42. The smallest absolute Gasteiger partial charge is 0.274 e. The van der Waals surface area contributed by atoms with Gasteiger partial charge in [-0.05, 0) is 61.7 Å². The van der Waals surface area contributed by atoms with Crippen LogP contribution >= 0.6 is 11.6 Å². The Bertz CT molecular complexity index is 1680. The largest absolute Gasteiger partial charge is 0.481 e. The van der Waals surface area contributed by atoms with Gasteiger partial charge < -0.3 is 31.1 Å².